The predicted molar refractivity (Wildman–Crippen MR) is 126 cm³/mol. The Labute approximate surface area is 196 Å². The average molecular weight is 478 g/mol. The van der Waals surface area contributed by atoms with E-state index in [4.69, 9.17) is 4.74 Å². The summed E-state index contributed by atoms with van der Waals surface area (Å²) >= 11 is 0. The first-order valence-corrected chi connectivity index (χ1v) is 12.7. The van der Waals surface area contributed by atoms with Gasteiger partial charge in [-0.1, -0.05) is 0 Å². The molecule has 1 amide bonds. The number of carbonyl (C=O) groups excluding carboxylic acids is 1. The van der Waals surface area contributed by atoms with E-state index in [1.165, 1.54) is 12.3 Å². The fourth-order valence-electron chi connectivity index (χ4n) is 4.34. The number of sulfone groups is 1. The first-order chi connectivity index (χ1) is 16.3. The number of hydrogen-bond donors (Lipinski definition) is 1. The van der Waals surface area contributed by atoms with Crippen LogP contribution in [0.5, 0.6) is 11.5 Å². The standard InChI is InChI=1S/C24H23N5O4S/c1-15(30)29-9-3-4-22(29)18-12-19-16(10-20(28-19)21-14-25-7-8-26-21)11-23(18)33-17-5-6-24(27-13-17)34(2,31)32/h5-8,10-14,22,28H,3-4,9H2,1-2H3. The molecule has 1 saturated heterocycles. The third-order valence-electron chi connectivity index (χ3n) is 5.92. The van der Waals surface area contributed by atoms with Crippen molar-refractivity contribution in [2.24, 2.45) is 0 Å². The SMILES string of the molecule is CC(=O)N1CCCC1c1cc2[nH]c(-c3cnccn3)cc2cc1Oc1ccc(S(C)(=O)=O)nc1. The van der Waals surface area contributed by atoms with Crippen molar-refractivity contribution in [2.75, 3.05) is 12.8 Å². The predicted octanol–water partition coefficient (Wildman–Crippen LogP) is 3.90. The molecule has 34 heavy (non-hydrogen) atoms. The van der Waals surface area contributed by atoms with Crippen molar-refractivity contribution < 1.29 is 17.9 Å². The summed E-state index contributed by atoms with van der Waals surface area (Å²) in [6, 6.07) is 8.78. The lowest BCUT2D eigenvalue weighted by Crippen LogP contribution is -2.28. The van der Waals surface area contributed by atoms with Crippen molar-refractivity contribution in [3.05, 3.63) is 60.7 Å². The van der Waals surface area contributed by atoms with Crippen molar-refractivity contribution >= 4 is 26.6 Å². The van der Waals surface area contributed by atoms with Gasteiger partial charge in [-0.2, -0.15) is 0 Å². The van der Waals surface area contributed by atoms with Crippen molar-refractivity contribution in [1.82, 2.24) is 24.8 Å². The number of aromatic nitrogens is 4. The number of likely N-dealkylation sites (tertiary alicyclic amines) is 1. The van der Waals surface area contributed by atoms with Gasteiger partial charge < -0.3 is 14.6 Å². The number of pyridine rings is 1. The average Bonchev–Trinajstić information content (AvgIpc) is 3.46. The molecule has 1 fully saturated rings. The summed E-state index contributed by atoms with van der Waals surface area (Å²) in [5, 5.41) is 0.890. The topological polar surface area (TPSA) is 118 Å². The van der Waals surface area contributed by atoms with Crippen LogP contribution in [0.15, 0.2) is 60.1 Å². The van der Waals surface area contributed by atoms with Crippen LogP contribution in [0, 0.1) is 0 Å². The maximum absolute atomic E-state index is 12.3. The molecule has 1 N–H and O–H groups in total. The first-order valence-electron chi connectivity index (χ1n) is 10.8. The van der Waals surface area contributed by atoms with Gasteiger partial charge in [0.05, 0.1) is 24.1 Å². The highest BCUT2D eigenvalue weighted by atomic mass is 32.2. The van der Waals surface area contributed by atoms with E-state index in [0.29, 0.717) is 18.0 Å². The normalized spacial score (nSPS) is 16.2. The minimum atomic E-state index is -3.41. The quantitative estimate of drug-likeness (QED) is 0.463. The second-order valence-electron chi connectivity index (χ2n) is 8.33. The molecule has 0 saturated carbocycles. The van der Waals surface area contributed by atoms with Crippen molar-refractivity contribution in [1.29, 1.82) is 0 Å². The molecule has 174 valence electrons. The van der Waals surface area contributed by atoms with E-state index in [-0.39, 0.29) is 17.0 Å². The summed E-state index contributed by atoms with van der Waals surface area (Å²) in [7, 11) is -3.41. The molecule has 1 aliphatic heterocycles. The summed E-state index contributed by atoms with van der Waals surface area (Å²) in [4.78, 5) is 30.0. The molecule has 4 aromatic rings. The van der Waals surface area contributed by atoms with Crippen LogP contribution >= 0.6 is 0 Å². The second kappa shape index (κ2) is 8.53. The summed E-state index contributed by atoms with van der Waals surface area (Å²) in [6.45, 7) is 2.27. The van der Waals surface area contributed by atoms with Crippen LogP contribution in [-0.4, -0.2) is 52.0 Å². The zero-order valence-electron chi connectivity index (χ0n) is 18.7. The lowest BCUT2D eigenvalue weighted by atomic mass is 10.0. The second-order valence-corrected chi connectivity index (χ2v) is 10.3. The van der Waals surface area contributed by atoms with E-state index in [1.54, 1.807) is 31.6 Å². The van der Waals surface area contributed by atoms with E-state index < -0.39 is 9.84 Å². The van der Waals surface area contributed by atoms with E-state index in [9.17, 15) is 13.2 Å². The highest BCUT2D eigenvalue weighted by molar-refractivity contribution is 7.90. The fourth-order valence-corrected chi connectivity index (χ4v) is 4.90. The number of ether oxygens (including phenoxy) is 1. The smallest absolute Gasteiger partial charge is 0.219 e. The van der Waals surface area contributed by atoms with Gasteiger partial charge in [0.2, 0.25) is 5.91 Å². The third-order valence-corrected chi connectivity index (χ3v) is 6.92. The Bertz CT molecular complexity index is 1470. The Hall–Kier alpha value is -3.79. The highest BCUT2D eigenvalue weighted by Gasteiger charge is 2.31. The van der Waals surface area contributed by atoms with Crippen LogP contribution in [0.2, 0.25) is 0 Å². The number of amides is 1. The van der Waals surface area contributed by atoms with Gasteiger partial charge in [-0.3, -0.25) is 14.8 Å². The number of carbonyl (C=O) groups is 1. The van der Waals surface area contributed by atoms with Gasteiger partial charge in [-0.25, -0.2) is 13.4 Å². The van der Waals surface area contributed by atoms with Crippen LogP contribution in [0.1, 0.15) is 31.4 Å². The van der Waals surface area contributed by atoms with Crippen molar-refractivity contribution in [2.45, 2.75) is 30.8 Å². The molecular formula is C24H23N5O4S. The Morgan fingerprint density at radius 1 is 1.15 bits per heavy atom. The largest absolute Gasteiger partial charge is 0.455 e. The zero-order chi connectivity index (χ0) is 23.9. The van der Waals surface area contributed by atoms with E-state index in [1.807, 2.05) is 23.1 Å². The number of aromatic amines is 1. The lowest BCUT2D eigenvalue weighted by Gasteiger charge is -2.25. The lowest BCUT2D eigenvalue weighted by molar-refractivity contribution is -0.129. The van der Waals surface area contributed by atoms with E-state index >= 15 is 0 Å². The minimum Gasteiger partial charge on any atom is -0.455 e. The molecule has 4 heterocycles. The van der Waals surface area contributed by atoms with Gasteiger partial charge in [-0.15, -0.1) is 0 Å². The molecule has 9 nitrogen and oxygen atoms in total. The Morgan fingerprint density at radius 2 is 2.00 bits per heavy atom. The molecule has 5 rings (SSSR count). The fraction of sp³-hybridized carbons (Fsp3) is 0.250. The minimum absolute atomic E-state index is 0.0134. The van der Waals surface area contributed by atoms with Crippen LogP contribution < -0.4 is 4.74 Å². The van der Waals surface area contributed by atoms with Crippen molar-refractivity contribution in [3.8, 4) is 22.9 Å². The maximum atomic E-state index is 12.3. The van der Waals surface area contributed by atoms with Gasteiger partial charge in [0.15, 0.2) is 14.9 Å². The molecule has 0 radical (unpaired) electrons. The van der Waals surface area contributed by atoms with E-state index in [0.717, 1.165) is 47.0 Å². The maximum Gasteiger partial charge on any atom is 0.219 e. The molecule has 1 atom stereocenters. The summed E-state index contributed by atoms with van der Waals surface area (Å²) in [6.07, 6.45) is 9.18. The van der Waals surface area contributed by atoms with Crippen LogP contribution in [0.4, 0.5) is 0 Å². The number of rotatable bonds is 5. The summed E-state index contributed by atoms with van der Waals surface area (Å²) < 4.78 is 29.7. The van der Waals surface area contributed by atoms with Gasteiger partial charge >= 0.3 is 0 Å². The molecule has 0 aliphatic carbocycles. The van der Waals surface area contributed by atoms with Crippen molar-refractivity contribution in [3.63, 3.8) is 0 Å². The Morgan fingerprint density at radius 3 is 2.68 bits per heavy atom. The van der Waals surface area contributed by atoms with Gasteiger partial charge in [0.1, 0.15) is 17.2 Å². The van der Waals surface area contributed by atoms with E-state index in [2.05, 4.69) is 19.9 Å². The number of hydrogen-bond acceptors (Lipinski definition) is 7. The van der Waals surface area contributed by atoms with Crippen LogP contribution in [0.25, 0.3) is 22.3 Å². The molecule has 10 heteroatoms. The number of nitrogens with zero attached hydrogens (tertiary/aromatic N) is 4. The Balaban J connectivity index is 1.59. The van der Waals surface area contributed by atoms with Crippen LogP contribution in [0.3, 0.4) is 0 Å². The summed E-state index contributed by atoms with van der Waals surface area (Å²) in [5.74, 6) is 1.01. The van der Waals surface area contributed by atoms with Gasteiger partial charge in [0.25, 0.3) is 0 Å². The highest BCUT2D eigenvalue weighted by Crippen LogP contribution is 2.41. The molecular weight excluding hydrogens is 454 g/mol. The molecule has 1 unspecified atom stereocenters. The summed E-state index contributed by atoms with van der Waals surface area (Å²) in [5.41, 5.74) is 3.30. The molecule has 1 aliphatic rings. The number of H-pyrrole nitrogens is 1. The molecule has 0 spiro atoms. The molecule has 3 aromatic heterocycles. The van der Waals surface area contributed by atoms with Gasteiger partial charge in [0, 0.05) is 48.6 Å². The number of fused-ring (bicyclic) bond motifs is 1. The monoisotopic (exact) mass is 477 g/mol. The number of nitrogens with one attached hydrogen (secondary N) is 1. The Kier molecular flexibility index (Phi) is 5.52. The molecule has 0 bridgehead atoms. The van der Waals surface area contributed by atoms with Gasteiger partial charge in [-0.05, 0) is 43.2 Å². The molecule has 1 aromatic carbocycles. The van der Waals surface area contributed by atoms with Crippen LogP contribution in [-0.2, 0) is 14.6 Å². The first kappa shape index (κ1) is 22.0. The third kappa shape index (κ3) is 4.24. The zero-order valence-corrected chi connectivity index (χ0v) is 19.5. The number of benzene rings is 1.